The third kappa shape index (κ3) is 4.33. The standard InChI is InChI=1S/C18H22N2O2/c1-12-9-13(2)11-16(10-12)22-15-7-5-14(6-8-15)20-17(21)18(3,4)19/h5-11H,19H2,1-4H3,(H,20,21). The van der Waals surface area contributed by atoms with E-state index < -0.39 is 5.54 Å². The first-order chi connectivity index (χ1) is 10.2. The lowest BCUT2D eigenvalue weighted by Crippen LogP contribution is -2.45. The van der Waals surface area contributed by atoms with Crippen LogP contribution in [-0.2, 0) is 4.79 Å². The third-order valence-corrected chi connectivity index (χ3v) is 3.13. The maximum atomic E-state index is 11.8. The van der Waals surface area contributed by atoms with Gasteiger partial charge in [-0.25, -0.2) is 0 Å². The van der Waals surface area contributed by atoms with E-state index in [1.54, 1.807) is 26.0 Å². The Morgan fingerprint density at radius 2 is 1.55 bits per heavy atom. The largest absolute Gasteiger partial charge is 0.457 e. The summed E-state index contributed by atoms with van der Waals surface area (Å²) in [6, 6.07) is 13.3. The van der Waals surface area contributed by atoms with Crippen LogP contribution in [0.2, 0.25) is 0 Å². The quantitative estimate of drug-likeness (QED) is 0.903. The molecular formula is C18H22N2O2. The van der Waals surface area contributed by atoms with Crippen molar-refractivity contribution in [3.05, 3.63) is 53.6 Å². The second-order valence-electron chi connectivity index (χ2n) is 6.13. The Labute approximate surface area is 131 Å². The van der Waals surface area contributed by atoms with E-state index in [1.165, 1.54) is 0 Å². The molecule has 0 aliphatic carbocycles. The fraction of sp³-hybridized carbons (Fsp3) is 0.278. The number of anilines is 1. The molecule has 2 aromatic carbocycles. The number of carbonyl (C=O) groups is 1. The minimum atomic E-state index is -0.908. The number of rotatable bonds is 4. The molecule has 0 bridgehead atoms. The van der Waals surface area contributed by atoms with E-state index in [2.05, 4.69) is 11.4 Å². The highest BCUT2D eigenvalue weighted by Crippen LogP contribution is 2.25. The van der Waals surface area contributed by atoms with Crippen LogP contribution >= 0.6 is 0 Å². The van der Waals surface area contributed by atoms with Crippen molar-refractivity contribution in [1.29, 1.82) is 0 Å². The lowest BCUT2D eigenvalue weighted by Gasteiger charge is -2.17. The van der Waals surface area contributed by atoms with E-state index in [9.17, 15) is 4.79 Å². The van der Waals surface area contributed by atoms with Crippen molar-refractivity contribution in [2.75, 3.05) is 5.32 Å². The van der Waals surface area contributed by atoms with E-state index in [0.717, 1.165) is 22.6 Å². The first-order valence-corrected chi connectivity index (χ1v) is 7.20. The van der Waals surface area contributed by atoms with Crippen molar-refractivity contribution in [2.24, 2.45) is 5.73 Å². The van der Waals surface area contributed by atoms with Gasteiger partial charge in [-0.05, 0) is 75.2 Å². The van der Waals surface area contributed by atoms with Crippen molar-refractivity contribution < 1.29 is 9.53 Å². The summed E-state index contributed by atoms with van der Waals surface area (Å²) in [5, 5.41) is 2.77. The Bertz CT molecular complexity index is 650. The first kappa shape index (κ1) is 16.0. The van der Waals surface area contributed by atoms with Crippen LogP contribution in [0.5, 0.6) is 11.5 Å². The summed E-state index contributed by atoms with van der Waals surface area (Å²) in [5.41, 5.74) is 7.85. The summed E-state index contributed by atoms with van der Waals surface area (Å²) in [6.45, 7) is 7.40. The highest BCUT2D eigenvalue weighted by molar-refractivity contribution is 5.97. The lowest BCUT2D eigenvalue weighted by atomic mass is 10.1. The second kappa shape index (κ2) is 6.20. The summed E-state index contributed by atoms with van der Waals surface area (Å²) in [5.74, 6) is 1.29. The molecule has 0 spiro atoms. The molecule has 2 rings (SSSR count). The number of benzene rings is 2. The van der Waals surface area contributed by atoms with Crippen LogP contribution in [0.15, 0.2) is 42.5 Å². The molecule has 0 saturated carbocycles. The molecule has 22 heavy (non-hydrogen) atoms. The van der Waals surface area contributed by atoms with E-state index in [4.69, 9.17) is 10.5 Å². The van der Waals surface area contributed by atoms with Gasteiger partial charge in [-0.2, -0.15) is 0 Å². The van der Waals surface area contributed by atoms with Crippen LogP contribution in [0, 0.1) is 13.8 Å². The van der Waals surface area contributed by atoms with Crippen LogP contribution < -0.4 is 15.8 Å². The Hall–Kier alpha value is -2.33. The van der Waals surface area contributed by atoms with Crippen molar-refractivity contribution in [1.82, 2.24) is 0 Å². The molecule has 116 valence electrons. The summed E-state index contributed by atoms with van der Waals surface area (Å²) in [7, 11) is 0. The van der Waals surface area contributed by atoms with Gasteiger partial charge in [0.2, 0.25) is 5.91 Å². The number of ether oxygens (including phenoxy) is 1. The summed E-state index contributed by atoms with van der Waals surface area (Å²) in [6.07, 6.45) is 0. The van der Waals surface area contributed by atoms with Gasteiger partial charge in [0, 0.05) is 5.69 Å². The van der Waals surface area contributed by atoms with Gasteiger partial charge in [-0.1, -0.05) is 6.07 Å². The molecule has 0 aromatic heterocycles. The molecule has 1 amide bonds. The SMILES string of the molecule is Cc1cc(C)cc(Oc2ccc(NC(=O)C(C)(C)N)cc2)c1. The molecular weight excluding hydrogens is 276 g/mol. The molecule has 0 heterocycles. The van der Waals surface area contributed by atoms with Gasteiger partial charge >= 0.3 is 0 Å². The molecule has 0 saturated heterocycles. The van der Waals surface area contributed by atoms with Crippen LogP contribution in [0.3, 0.4) is 0 Å². The maximum Gasteiger partial charge on any atom is 0.243 e. The van der Waals surface area contributed by atoms with Gasteiger partial charge in [-0.3, -0.25) is 4.79 Å². The predicted molar refractivity (Wildman–Crippen MR) is 89.3 cm³/mol. The monoisotopic (exact) mass is 298 g/mol. The highest BCUT2D eigenvalue weighted by atomic mass is 16.5. The number of aryl methyl sites for hydroxylation is 2. The van der Waals surface area contributed by atoms with Crippen LogP contribution in [0.25, 0.3) is 0 Å². The molecule has 0 fully saturated rings. The summed E-state index contributed by atoms with van der Waals surface area (Å²) < 4.78 is 5.83. The smallest absolute Gasteiger partial charge is 0.243 e. The zero-order chi connectivity index (χ0) is 16.3. The molecule has 0 atom stereocenters. The Morgan fingerprint density at radius 1 is 1.00 bits per heavy atom. The zero-order valence-electron chi connectivity index (χ0n) is 13.4. The van der Waals surface area contributed by atoms with Crippen molar-refractivity contribution in [3.63, 3.8) is 0 Å². The molecule has 0 radical (unpaired) electrons. The number of carbonyl (C=O) groups excluding carboxylic acids is 1. The van der Waals surface area contributed by atoms with Gasteiger partial charge in [0.1, 0.15) is 11.5 Å². The minimum Gasteiger partial charge on any atom is -0.457 e. The second-order valence-corrected chi connectivity index (χ2v) is 6.13. The van der Waals surface area contributed by atoms with E-state index in [0.29, 0.717) is 5.69 Å². The van der Waals surface area contributed by atoms with Gasteiger partial charge in [0.15, 0.2) is 0 Å². The Kier molecular flexibility index (Phi) is 4.52. The van der Waals surface area contributed by atoms with E-state index in [-0.39, 0.29) is 5.91 Å². The molecule has 0 aliphatic heterocycles. The first-order valence-electron chi connectivity index (χ1n) is 7.20. The third-order valence-electron chi connectivity index (χ3n) is 3.13. The van der Waals surface area contributed by atoms with Crippen molar-refractivity contribution in [3.8, 4) is 11.5 Å². The normalized spacial score (nSPS) is 11.1. The van der Waals surface area contributed by atoms with Gasteiger partial charge in [0.05, 0.1) is 5.54 Å². The average molecular weight is 298 g/mol. The average Bonchev–Trinajstić information content (AvgIpc) is 2.38. The van der Waals surface area contributed by atoms with Crippen LogP contribution in [0.4, 0.5) is 5.69 Å². The highest BCUT2D eigenvalue weighted by Gasteiger charge is 2.21. The summed E-state index contributed by atoms with van der Waals surface area (Å²) >= 11 is 0. The number of nitrogens with one attached hydrogen (secondary N) is 1. The minimum absolute atomic E-state index is 0.226. The van der Waals surface area contributed by atoms with E-state index >= 15 is 0 Å². The van der Waals surface area contributed by atoms with Crippen LogP contribution in [0.1, 0.15) is 25.0 Å². The number of hydrogen-bond donors (Lipinski definition) is 2. The molecule has 2 aromatic rings. The Morgan fingerprint density at radius 3 is 2.05 bits per heavy atom. The van der Waals surface area contributed by atoms with Gasteiger partial charge < -0.3 is 15.8 Å². The number of nitrogens with two attached hydrogens (primary N) is 1. The van der Waals surface area contributed by atoms with Gasteiger partial charge in [-0.15, -0.1) is 0 Å². The topological polar surface area (TPSA) is 64.3 Å². The molecule has 0 aliphatic rings. The molecule has 4 nitrogen and oxygen atoms in total. The molecule has 0 unspecified atom stereocenters. The van der Waals surface area contributed by atoms with Gasteiger partial charge in [0.25, 0.3) is 0 Å². The predicted octanol–water partition coefficient (Wildman–Crippen LogP) is 3.77. The number of hydrogen-bond acceptors (Lipinski definition) is 3. The van der Waals surface area contributed by atoms with Crippen LogP contribution in [-0.4, -0.2) is 11.4 Å². The Balaban J connectivity index is 2.07. The number of amides is 1. The fourth-order valence-corrected chi connectivity index (χ4v) is 2.03. The zero-order valence-corrected chi connectivity index (χ0v) is 13.4. The van der Waals surface area contributed by atoms with Crippen molar-refractivity contribution in [2.45, 2.75) is 33.2 Å². The molecule has 3 N–H and O–H groups in total. The maximum absolute atomic E-state index is 11.8. The summed E-state index contributed by atoms with van der Waals surface area (Å²) in [4.78, 5) is 11.8. The molecule has 4 heteroatoms. The van der Waals surface area contributed by atoms with Crippen molar-refractivity contribution >= 4 is 11.6 Å². The fourth-order valence-electron chi connectivity index (χ4n) is 2.03. The lowest BCUT2D eigenvalue weighted by molar-refractivity contribution is -0.120. The van der Waals surface area contributed by atoms with E-state index in [1.807, 2.05) is 38.1 Å².